The zero-order chi connectivity index (χ0) is 19.0. The van der Waals surface area contributed by atoms with Gasteiger partial charge in [0.15, 0.2) is 0 Å². The molecular weight excluding hydrogens is 363 g/mol. The van der Waals surface area contributed by atoms with E-state index in [2.05, 4.69) is 0 Å². The molecule has 2 heterocycles. The van der Waals surface area contributed by atoms with Crippen molar-refractivity contribution in [3.05, 3.63) is 53.8 Å². The van der Waals surface area contributed by atoms with Crippen molar-refractivity contribution in [2.24, 2.45) is 5.92 Å². The molecule has 4 rings (SSSR count). The molecule has 0 N–H and O–H groups in total. The largest absolute Gasteiger partial charge is 0.311 e. The fourth-order valence-electron chi connectivity index (χ4n) is 3.71. The Morgan fingerprint density at radius 3 is 2.81 bits per heavy atom. The van der Waals surface area contributed by atoms with Crippen LogP contribution in [0, 0.1) is 18.7 Å². The normalized spacial score (nSPS) is 19.8. The fraction of sp³-hybridized carbons (Fsp3) is 0.333. The molecule has 4 nitrogen and oxygen atoms in total. The summed E-state index contributed by atoms with van der Waals surface area (Å²) in [5.74, 6) is -0.158. The fourth-order valence-corrected chi connectivity index (χ4v) is 4.71. The van der Waals surface area contributed by atoms with Gasteiger partial charge in [-0.25, -0.2) is 4.39 Å². The number of hydrogen-bond acceptors (Lipinski definition) is 3. The minimum absolute atomic E-state index is 0.0479. The third-order valence-corrected chi connectivity index (χ3v) is 6.22. The van der Waals surface area contributed by atoms with E-state index in [0.29, 0.717) is 6.54 Å². The number of benzene rings is 2. The highest BCUT2D eigenvalue weighted by Gasteiger charge is 2.39. The summed E-state index contributed by atoms with van der Waals surface area (Å²) in [6.07, 6.45) is 1.03. The third kappa shape index (κ3) is 3.46. The number of carbonyl (C=O) groups excluding carboxylic acids is 2. The number of fused-ring (bicyclic) bond motifs is 1. The van der Waals surface area contributed by atoms with E-state index in [1.165, 1.54) is 11.0 Å². The van der Waals surface area contributed by atoms with Crippen molar-refractivity contribution in [3.8, 4) is 0 Å². The van der Waals surface area contributed by atoms with E-state index in [4.69, 9.17) is 0 Å². The smallest absolute Gasteiger partial charge is 0.232 e. The van der Waals surface area contributed by atoms with Crippen molar-refractivity contribution in [1.29, 1.82) is 0 Å². The summed E-state index contributed by atoms with van der Waals surface area (Å²) in [6, 6.07) is 12.7. The van der Waals surface area contributed by atoms with Gasteiger partial charge in [-0.15, -0.1) is 11.8 Å². The molecular formula is C21H21FN2O2S. The van der Waals surface area contributed by atoms with Gasteiger partial charge in [-0.05, 0) is 48.9 Å². The van der Waals surface area contributed by atoms with Crippen LogP contribution in [0.2, 0.25) is 0 Å². The Labute approximate surface area is 162 Å². The number of aryl methyl sites for hydroxylation is 1. The monoisotopic (exact) mass is 384 g/mol. The molecule has 6 heteroatoms. The van der Waals surface area contributed by atoms with Crippen molar-refractivity contribution in [2.45, 2.75) is 24.7 Å². The number of para-hydroxylation sites is 1. The maximum Gasteiger partial charge on any atom is 0.232 e. The molecule has 2 aromatic carbocycles. The number of hydrogen-bond donors (Lipinski definition) is 0. The Morgan fingerprint density at radius 1 is 1.19 bits per heavy atom. The van der Waals surface area contributed by atoms with Gasteiger partial charge in [-0.1, -0.05) is 18.2 Å². The Bertz CT molecular complexity index is 902. The van der Waals surface area contributed by atoms with Crippen LogP contribution in [0.15, 0.2) is 47.4 Å². The van der Waals surface area contributed by atoms with Crippen LogP contribution < -0.4 is 9.80 Å². The summed E-state index contributed by atoms with van der Waals surface area (Å²) in [7, 11) is 0. The first-order valence-electron chi connectivity index (χ1n) is 9.14. The molecule has 1 atom stereocenters. The van der Waals surface area contributed by atoms with Crippen molar-refractivity contribution in [2.75, 3.05) is 28.6 Å². The molecule has 0 spiro atoms. The van der Waals surface area contributed by atoms with Crippen LogP contribution >= 0.6 is 11.8 Å². The van der Waals surface area contributed by atoms with Crippen LogP contribution in [0.1, 0.15) is 18.4 Å². The molecule has 0 aliphatic carbocycles. The first-order valence-corrected chi connectivity index (χ1v) is 10.1. The highest BCUT2D eigenvalue weighted by Crippen LogP contribution is 2.36. The Morgan fingerprint density at radius 2 is 2.00 bits per heavy atom. The highest BCUT2D eigenvalue weighted by atomic mass is 32.2. The number of rotatable bonds is 2. The molecule has 2 aliphatic heterocycles. The molecule has 2 aliphatic rings. The van der Waals surface area contributed by atoms with Crippen LogP contribution in [0.25, 0.3) is 0 Å². The zero-order valence-corrected chi connectivity index (χ0v) is 16.0. The van der Waals surface area contributed by atoms with Gasteiger partial charge in [-0.3, -0.25) is 9.59 Å². The number of anilines is 2. The number of thioether (sulfide) groups is 1. The van der Waals surface area contributed by atoms with E-state index >= 15 is 0 Å². The highest BCUT2D eigenvalue weighted by molar-refractivity contribution is 7.99. The lowest BCUT2D eigenvalue weighted by molar-refractivity contribution is -0.124. The first-order chi connectivity index (χ1) is 13.0. The molecule has 2 amide bonds. The summed E-state index contributed by atoms with van der Waals surface area (Å²) < 4.78 is 14.3. The maximum atomic E-state index is 14.3. The van der Waals surface area contributed by atoms with Crippen LogP contribution in [0.3, 0.4) is 0 Å². The Kier molecular flexibility index (Phi) is 4.91. The van der Waals surface area contributed by atoms with Gasteiger partial charge in [0.05, 0.1) is 17.3 Å². The molecule has 0 aromatic heterocycles. The van der Waals surface area contributed by atoms with E-state index in [-0.39, 0.29) is 30.5 Å². The molecule has 1 saturated heterocycles. The second kappa shape index (κ2) is 7.35. The lowest BCUT2D eigenvalue weighted by Gasteiger charge is -2.25. The summed E-state index contributed by atoms with van der Waals surface area (Å²) in [5.41, 5.74) is 1.97. The Hall–Kier alpha value is -2.34. The van der Waals surface area contributed by atoms with Gasteiger partial charge >= 0.3 is 0 Å². The van der Waals surface area contributed by atoms with E-state index in [1.807, 2.05) is 29.2 Å². The SMILES string of the molecule is Cc1ccc(N2CC(C(=O)N3CCCSc4ccccc43)CC2=O)c(F)c1. The predicted octanol–water partition coefficient (Wildman–Crippen LogP) is 4.02. The van der Waals surface area contributed by atoms with Crippen molar-refractivity contribution in [1.82, 2.24) is 0 Å². The van der Waals surface area contributed by atoms with Gasteiger partial charge in [0, 0.05) is 24.4 Å². The average Bonchev–Trinajstić information content (AvgIpc) is 2.90. The molecule has 140 valence electrons. The second-order valence-electron chi connectivity index (χ2n) is 7.02. The molecule has 2 aromatic rings. The standard InChI is InChI=1S/C21H21FN2O2S/c1-14-7-8-17(16(22)11-14)24-13-15(12-20(24)25)21(26)23-9-4-10-27-19-6-3-2-5-18(19)23/h2-3,5-8,11,15H,4,9-10,12-13H2,1H3. The maximum absolute atomic E-state index is 14.3. The van der Waals surface area contributed by atoms with Crippen molar-refractivity contribution in [3.63, 3.8) is 0 Å². The predicted molar refractivity (Wildman–Crippen MR) is 106 cm³/mol. The number of amides is 2. The first kappa shape index (κ1) is 18.0. The summed E-state index contributed by atoms with van der Waals surface area (Å²) in [6.45, 7) is 2.68. The average molecular weight is 384 g/mol. The minimum atomic E-state index is -0.450. The molecule has 1 unspecified atom stereocenters. The van der Waals surface area contributed by atoms with Crippen molar-refractivity contribution < 1.29 is 14.0 Å². The molecule has 27 heavy (non-hydrogen) atoms. The minimum Gasteiger partial charge on any atom is -0.311 e. The van der Waals surface area contributed by atoms with Gasteiger partial charge in [0.25, 0.3) is 0 Å². The second-order valence-corrected chi connectivity index (χ2v) is 8.16. The quantitative estimate of drug-likeness (QED) is 0.785. The molecule has 0 saturated carbocycles. The van der Waals surface area contributed by atoms with Crippen molar-refractivity contribution >= 4 is 35.0 Å². The Balaban J connectivity index is 1.58. The lowest BCUT2D eigenvalue weighted by Crippen LogP contribution is -2.38. The number of nitrogens with zero attached hydrogens (tertiary/aromatic N) is 2. The lowest BCUT2D eigenvalue weighted by atomic mass is 10.1. The van der Waals surface area contributed by atoms with Crippen LogP contribution in [-0.2, 0) is 9.59 Å². The van der Waals surface area contributed by atoms with Crippen LogP contribution in [0.5, 0.6) is 0 Å². The third-order valence-electron chi connectivity index (χ3n) is 5.07. The zero-order valence-electron chi connectivity index (χ0n) is 15.2. The van der Waals surface area contributed by atoms with Gasteiger partial charge in [-0.2, -0.15) is 0 Å². The van der Waals surface area contributed by atoms with E-state index in [0.717, 1.165) is 28.3 Å². The summed E-state index contributed by atoms with van der Waals surface area (Å²) in [5, 5.41) is 0. The van der Waals surface area contributed by atoms with Gasteiger partial charge in [0.2, 0.25) is 11.8 Å². The molecule has 1 fully saturated rings. The van der Waals surface area contributed by atoms with E-state index < -0.39 is 11.7 Å². The molecule has 0 radical (unpaired) electrons. The summed E-state index contributed by atoms with van der Waals surface area (Å²) >= 11 is 1.75. The van der Waals surface area contributed by atoms with E-state index in [9.17, 15) is 14.0 Å². The van der Waals surface area contributed by atoms with Crippen LogP contribution in [-0.4, -0.2) is 30.7 Å². The molecule has 0 bridgehead atoms. The van der Waals surface area contributed by atoms with Gasteiger partial charge in [0.1, 0.15) is 5.82 Å². The number of carbonyl (C=O) groups is 2. The summed E-state index contributed by atoms with van der Waals surface area (Å²) in [4.78, 5) is 30.0. The topological polar surface area (TPSA) is 40.6 Å². The van der Waals surface area contributed by atoms with Gasteiger partial charge < -0.3 is 9.80 Å². The van der Waals surface area contributed by atoms with Crippen LogP contribution in [0.4, 0.5) is 15.8 Å². The van der Waals surface area contributed by atoms with E-state index in [1.54, 1.807) is 30.8 Å². The number of halogens is 1.